The Morgan fingerprint density at radius 2 is 2.00 bits per heavy atom. The van der Waals surface area contributed by atoms with Gasteiger partial charge in [-0.1, -0.05) is 19.9 Å². The van der Waals surface area contributed by atoms with Crippen LogP contribution < -0.4 is 0 Å². The molecule has 0 nitrogen and oxygen atoms in total. The summed E-state index contributed by atoms with van der Waals surface area (Å²) in [5, 5.41) is 2.18. The topological polar surface area (TPSA) is 0 Å². The first kappa shape index (κ1) is 9.44. The average Bonchev–Trinajstić information content (AvgIpc) is 1.89. The molecule has 2 heteroatoms. The number of rotatable bonds is 5. The first-order valence-corrected chi connectivity index (χ1v) is 5.46. The van der Waals surface area contributed by atoms with Crippen molar-refractivity contribution in [1.29, 1.82) is 0 Å². The Morgan fingerprint density at radius 1 is 1.22 bits per heavy atom. The van der Waals surface area contributed by atoms with E-state index in [4.69, 9.17) is 0 Å². The van der Waals surface area contributed by atoms with Gasteiger partial charge < -0.3 is 0 Å². The molecule has 0 aliphatic heterocycles. The van der Waals surface area contributed by atoms with Gasteiger partial charge in [-0.25, -0.2) is 0 Å². The van der Waals surface area contributed by atoms with Gasteiger partial charge in [0, 0.05) is 5.75 Å². The molecular formula is C7H14S2. The minimum absolute atomic E-state index is 1.17. The predicted octanol–water partition coefficient (Wildman–Crippen LogP) is 3.01. The summed E-state index contributed by atoms with van der Waals surface area (Å²) in [6.45, 7) is 4.35. The second kappa shape index (κ2) is 8.44. The van der Waals surface area contributed by atoms with Gasteiger partial charge in [-0.3, -0.25) is 0 Å². The first-order chi connectivity index (χ1) is 4.41. The van der Waals surface area contributed by atoms with E-state index in [-0.39, 0.29) is 0 Å². The number of hydrogen-bond donors (Lipinski definition) is 0. The summed E-state index contributed by atoms with van der Waals surface area (Å²) in [5.41, 5.74) is 0. The van der Waals surface area contributed by atoms with E-state index in [0.29, 0.717) is 0 Å². The van der Waals surface area contributed by atoms with Gasteiger partial charge in [-0.15, -0.1) is 11.8 Å². The second-order valence-corrected chi connectivity index (χ2v) is 3.99. The fourth-order valence-electron chi connectivity index (χ4n) is 0.389. The van der Waals surface area contributed by atoms with E-state index in [1.165, 1.54) is 17.3 Å². The molecule has 0 amide bonds. The minimum atomic E-state index is 1.17. The fraction of sp³-hybridized carbons (Fsp3) is 0.714. The van der Waals surface area contributed by atoms with Gasteiger partial charge >= 0.3 is 0 Å². The predicted molar refractivity (Wildman–Crippen MR) is 50.3 cm³/mol. The van der Waals surface area contributed by atoms with Gasteiger partial charge in [-0.05, 0) is 16.9 Å². The maximum atomic E-state index is 2.22. The smallest absolute Gasteiger partial charge is 0.0121 e. The average molecular weight is 162 g/mol. The van der Waals surface area contributed by atoms with E-state index in [2.05, 4.69) is 25.3 Å². The zero-order valence-electron chi connectivity index (χ0n) is 6.09. The van der Waals surface area contributed by atoms with Crippen molar-refractivity contribution in [2.45, 2.75) is 13.8 Å². The van der Waals surface area contributed by atoms with Crippen LogP contribution >= 0.6 is 23.5 Å². The molecule has 0 atom stereocenters. The lowest BCUT2D eigenvalue weighted by molar-refractivity contribution is 1.52. The van der Waals surface area contributed by atoms with E-state index < -0.39 is 0 Å². The van der Waals surface area contributed by atoms with Crippen molar-refractivity contribution in [3.63, 3.8) is 0 Å². The monoisotopic (exact) mass is 162 g/mol. The molecule has 0 heterocycles. The van der Waals surface area contributed by atoms with Crippen molar-refractivity contribution in [3.05, 3.63) is 11.5 Å². The third-order valence-electron chi connectivity index (χ3n) is 0.777. The Hall–Kier alpha value is 0.440. The highest BCUT2D eigenvalue weighted by molar-refractivity contribution is 8.02. The SMILES string of the molecule is CCS/C=C/CSCC. The summed E-state index contributed by atoms with van der Waals surface area (Å²) in [6.07, 6.45) is 2.22. The van der Waals surface area contributed by atoms with E-state index in [0.717, 1.165) is 0 Å². The van der Waals surface area contributed by atoms with Gasteiger partial charge in [0.2, 0.25) is 0 Å². The number of hydrogen-bond acceptors (Lipinski definition) is 2. The molecular weight excluding hydrogens is 148 g/mol. The molecule has 0 rings (SSSR count). The molecule has 0 aromatic heterocycles. The van der Waals surface area contributed by atoms with Crippen molar-refractivity contribution in [3.8, 4) is 0 Å². The lowest BCUT2D eigenvalue weighted by Gasteiger charge is -1.87. The van der Waals surface area contributed by atoms with Crippen LogP contribution in [-0.4, -0.2) is 17.3 Å². The van der Waals surface area contributed by atoms with Crippen LogP contribution in [0.1, 0.15) is 13.8 Å². The third-order valence-corrected chi connectivity index (χ3v) is 2.33. The van der Waals surface area contributed by atoms with E-state index in [9.17, 15) is 0 Å². The molecule has 0 aromatic carbocycles. The number of thioether (sulfide) groups is 2. The quantitative estimate of drug-likeness (QED) is 0.570. The molecule has 54 valence electrons. The Kier molecular flexibility index (Phi) is 8.85. The molecule has 0 aliphatic rings. The van der Waals surface area contributed by atoms with Gasteiger partial charge in [0.25, 0.3) is 0 Å². The van der Waals surface area contributed by atoms with Crippen LogP contribution in [0.2, 0.25) is 0 Å². The van der Waals surface area contributed by atoms with E-state index in [1.54, 1.807) is 0 Å². The Labute approximate surface area is 66.5 Å². The van der Waals surface area contributed by atoms with Crippen molar-refractivity contribution < 1.29 is 0 Å². The van der Waals surface area contributed by atoms with Crippen molar-refractivity contribution >= 4 is 23.5 Å². The maximum Gasteiger partial charge on any atom is 0.0121 e. The van der Waals surface area contributed by atoms with Crippen LogP contribution in [0.15, 0.2) is 11.5 Å². The van der Waals surface area contributed by atoms with E-state index >= 15 is 0 Å². The summed E-state index contributed by atoms with van der Waals surface area (Å²) in [6, 6.07) is 0. The molecule has 0 radical (unpaired) electrons. The summed E-state index contributed by atoms with van der Waals surface area (Å²) < 4.78 is 0. The van der Waals surface area contributed by atoms with Gasteiger partial charge in [-0.2, -0.15) is 11.8 Å². The molecule has 0 aromatic rings. The largest absolute Gasteiger partial charge is 0.158 e. The van der Waals surface area contributed by atoms with Crippen LogP contribution in [0.25, 0.3) is 0 Å². The Bertz CT molecular complexity index is 69.3. The third kappa shape index (κ3) is 8.44. The zero-order chi connectivity index (χ0) is 6.95. The lowest BCUT2D eigenvalue weighted by atomic mass is 10.8. The molecule has 0 unspecified atom stereocenters. The zero-order valence-corrected chi connectivity index (χ0v) is 7.73. The second-order valence-electron chi connectivity index (χ2n) is 1.49. The van der Waals surface area contributed by atoms with Crippen LogP contribution in [0.5, 0.6) is 0 Å². The van der Waals surface area contributed by atoms with Crippen molar-refractivity contribution in [1.82, 2.24) is 0 Å². The summed E-state index contributed by atoms with van der Waals surface area (Å²) in [5.74, 6) is 3.58. The first-order valence-electron chi connectivity index (χ1n) is 3.26. The van der Waals surface area contributed by atoms with Crippen LogP contribution in [-0.2, 0) is 0 Å². The van der Waals surface area contributed by atoms with Crippen molar-refractivity contribution in [2.24, 2.45) is 0 Å². The lowest BCUT2D eigenvalue weighted by Crippen LogP contribution is -1.70. The summed E-state index contributed by atoms with van der Waals surface area (Å²) in [4.78, 5) is 0. The van der Waals surface area contributed by atoms with Crippen LogP contribution in [0.3, 0.4) is 0 Å². The van der Waals surface area contributed by atoms with Gasteiger partial charge in [0.05, 0.1) is 0 Å². The van der Waals surface area contributed by atoms with Gasteiger partial charge in [0.1, 0.15) is 0 Å². The maximum absolute atomic E-state index is 2.22. The van der Waals surface area contributed by atoms with Crippen LogP contribution in [0.4, 0.5) is 0 Å². The summed E-state index contributed by atoms with van der Waals surface area (Å²) >= 11 is 3.82. The van der Waals surface area contributed by atoms with Crippen molar-refractivity contribution in [2.75, 3.05) is 17.3 Å². The molecule has 9 heavy (non-hydrogen) atoms. The Balaban J connectivity index is 2.86. The van der Waals surface area contributed by atoms with E-state index in [1.807, 2.05) is 23.5 Å². The molecule has 0 aliphatic carbocycles. The highest BCUT2D eigenvalue weighted by Crippen LogP contribution is 2.03. The molecule has 0 spiro atoms. The highest BCUT2D eigenvalue weighted by atomic mass is 32.2. The standard InChI is InChI=1S/C7H14S2/c1-3-8-6-5-7-9-4-2/h5-6H,3-4,7H2,1-2H3/b6-5+. The fourth-order valence-corrected chi connectivity index (χ4v) is 1.40. The minimum Gasteiger partial charge on any atom is -0.158 e. The summed E-state index contributed by atoms with van der Waals surface area (Å²) in [7, 11) is 0. The Morgan fingerprint density at radius 3 is 2.56 bits per heavy atom. The molecule has 0 fully saturated rings. The molecule has 0 bridgehead atoms. The molecule has 0 N–H and O–H groups in total. The molecule has 0 saturated heterocycles. The van der Waals surface area contributed by atoms with Crippen LogP contribution in [0, 0.1) is 0 Å². The highest BCUT2D eigenvalue weighted by Gasteiger charge is 1.76. The normalized spacial score (nSPS) is 10.9. The molecule has 0 saturated carbocycles. The van der Waals surface area contributed by atoms with Gasteiger partial charge in [0.15, 0.2) is 0 Å².